The maximum absolute atomic E-state index is 12.7. The molecule has 0 heterocycles. The summed E-state index contributed by atoms with van der Waals surface area (Å²) in [5, 5.41) is 2.89. The minimum Gasteiger partial charge on any atom is -0.490 e. The summed E-state index contributed by atoms with van der Waals surface area (Å²) in [5.41, 5.74) is 6.81. The molecule has 3 N–H and O–H groups in total. The molecule has 0 aliphatic heterocycles. The van der Waals surface area contributed by atoms with Crippen LogP contribution in [0.1, 0.15) is 40.0 Å². The number of carbonyl (C=O) groups is 2. The lowest BCUT2D eigenvalue weighted by Crippen LogP contribution is -2.26. The molecule has 1 aliphatic rings. The van der Waals surface area contributed by atoms with Crippen LogP contribution in [0.5, 0.6) is 17.2 Å². The lowest BCUT2D eigenvalue weighted by atomic mass is 9.96. The topological polar surface area (TPSA) is 90.7 Å². The van der Waals surface area contributed by atoms with E-state index in [1.54, 1.807) is 54.6 Å². The van der Waals surface area contributed by atoms with Crippen molar-refractivity contribution in [2.75, 3.05) is 5.32 Å². The molecule has 0 bridgehead atoms. The molecule has 1 aliphatic carbocycles. The Morgan fingerprint density at radius 2 is 1.67 bits per heavy atom. The Morgan fingerprint density at radius 3 is 2.37 bits per heavy atom. The summed E-state index contributed by atoms with van der Waals surface area (Å²) >= 11 is 0. The number of nitrogens with one attached hydrogen (secondary N) is 1. The Labute approximate surface area is 174 Å². The highest BCUT2D eigenvalue weighted by Gasteiger charge is 2.21. The zero-order valence-electron chi connectivity index (χ0n) is 16.3. The average molecular weight is 402 g/mol. The van der Waals surface area contributed by atoms with Gasteiger partial charge in [0.1, 0.15) is 17.2 Å². The van der Waals surface area contributed by atoms with E-state index in [1.807, 2.05) is 18.2 Å². The molecule has 1 saturated carbocycles. The van der Waals surface area contributed by atoms with Crippen molar-refractivity contribution in [1.82, 2.24) is 0 Å². The summed E-state index contributed by atoms with van der Waals surface area (Å²) in [7, 11) is 0. The predicted molar refractivity (Wildman–Crippen MR) is 114 cm³/mol. The van der Waals surface area contributed by atoms with Gasteiger partial charge in [0.15, 0.2) is 0 Å². The minimum absolute atomic E-state index is 0.198. The monoisotopic (exact) mass is 402 g/mol. The van der Waals surface area contributed by atoms with Crippen molar-refractivity contribution in [1.29, 1.82) is 0 Å². The van der Waals surface area contributed by atoms with Crippen LogP contribution in [-0.4, -0.2) is 17.9 Å². The van der Waals surface area contributed by atoms with Crippen LogP contribution in [0.3, 0.4) is 0 Å². The van der Waals surface area contributed by atoms with Gasteiger partial charge in [-0.15, -0.1) is 0 Å². The van der Waals surface area contributed by atoms with Crippen molar-refractivity contribution in [2.45, 2.75) is 25.4 Å². The minimum atomic E-state index is -0.514. The van der Waals surface area contributed by atoms with E-state index >= 15 is 0 Å². The first-order valence-electron chi connectivity index (χ1n) is 9.83. The van der Waals surface area contributed by atoms with Crippen LogP contribution < -0.4 is 20.5 Å². The van der Waals surface area contributed by atoms with Crippen LogP contribution in [0.25, 0.3) is 0 Å². The van der Waals surface area contributed by atoms with Gasteiger partial charge >= 0.3 is 0 Å². The molecule has 0 radical (unpaired) electrons. The van der Waals surface area contributed by atoms with Crippen molar-refractivity contribution in [3.8, 4) is 17.2 Å². The molecule has 152 valence electrons. The maximum atomic E-state index is 12.7. The number of ether oxygens (including phenoxy) is 2. The molecule has 3 aromatic carbocycles. The van der Waals surface area contributed by atoms with Crippen molar-refractivity contribution in [3.63, 3.8) is 0 Å². The van der Waals surface area contributed by atoms with Gasteiger partial charge in [-0.05, 0) is 73.9 Å². The van der Waals surface area contributed by atoms with Crippen LogP contribution >= 0.6 is 0 Å². The number of anilines is 1. The van der Waals surface area contributed by atoms with E-state index in [2.05, 4.69) is 5.32 Å². The van der Waals surface area contributed by atoms with E-state index in [1.165, 1.54) is 6.42 Å². The molecule has 30 heavy (non-hydrogen) atoms. The number of primary amides is 1. The zero-order valence-corrected chi connectivity index (χ0v) is 16.3. The smallest absolute Gasteiger partial charge is 0.259 e. The highest BCUT2D eigenvalue weighted by atomic mass is 16.5. The Morgan fingerprint density at radius 1 is 0.900 bits per heavy atom. The second kappa shape index (κ2) is 8.69. The summed E-state index contributed by atoms with van der Waals surface area (Å²) < 4.78 is 11.7. The van der Waals surface area contributed by atoms with Crippen LogP contribution in [0.2, 0.25) is 0 Å². The predicted octanol–water partition coefficient (Wildman–Crippen LogP) is 4.76. The second-order valence-electron chi connectivity index (χ2n) is 7.14. The third-order valence-corrected chi connectivity index (χ3v) is 4.94. The molecule has 0 unspecified atom stereocenters. The van der Waals surface area contributed by atoms with E-state index in [9.17, 15) is 9.59 Å². The molecule has 2 amide bonds. The van der Waals surface area contributed by atoms with Crippen molar-refractivity contribution in [2.24, 2.45) is 5.73 Å². The number of para-hydroxylation sites is 1. The molecular formula is C24H22N2O4. The zero-order chi connectivity index (χ0) is 20.9. The lowest BCUT2D eigenvalue weighted by Gasteiger charge is -2.27. The van der Waals surface area contributed by atoms with Gasteiger partial charge in [-0.1, -0.05) is 18.2 Å². The number of nitrogens with two attached hydrogens (primary N) is 1. The fraction of sp³-hybridized carbons (Fsp3) is 0.167. The number of amides is 2. The van der Waals surface area contributed by atoms with Gasteiger partial charge in [0.2, 0.25) is 5.91 Å². The Kier molecular flexibility index (Phi) is 5.66. The first-order chi connectivity index (χ1) is 14.6. The molecule has 0 atom stereocenters. The molecule has 0 aromatic heterocycles. The molecule has 1 fully saturated rings. The Balaban J connectivity index is 1.42. The molecule has 6 heteroatoms. The SMILES string of the molecule is NC(=O)c1cccc(Oc2ccc(NC(=O)c3ccccc3OC3CCC3)cc2)c1. The van der Waals surface area contributed by atoms with E-state index in [0.29, 0.717) is 34.1 Å². The summed E-state index contributed by atoms with van der Waals surface area (Å²) in [5.74, 6) is 0.940. The van der Waals surface area contributed by atoms with Gasteiger partial charge in [-0.3, -0.25) is 9.59 Å². The number of hydrogen-bond acceptors (Lipinski definition) is 4. The van der Waals surface area contributed by atoms with E-state index in [-0.39, 0.29) is 12.0 Å². The molecule has 0 saturated heterocycles. The quantitative estimate of drug-likeness (QED) is 0.596. The average Bonchev–Trinajstić information content (AvgIpc) is 2.72. The Bertz CT molecular complexity index is 1060. The van der Waals surface area contributed by atoms with E-state index < -0.39 is 5.91 Å². The van der Waals surface area contributed by atoms with Crippen LogP contribution in [0.15, 0.2) is 72.8 Å². The number of carbonyl (C=O) groups excluding carboxylic acids is 2. The molecule has 4 rings (SSSR count). The van der Waals surface area contributed by atoms with Crippen molar-refractivity contribution < 1.29 is 19.1 Å². The van der Waals surface area contributed by atoms with Gasteiger partial charge in [-0.25, -0.2) is 0 Å². The van der Waals surface area contributed by atoms with Crippen LogP contribution in [-0.2, 0) is 0 Å². The summed E-state index contributed by atoms with van der Waals surface area (Å²) in [6.45, 7) is 0. The fourth-order valence-corrected chi connectivity index (χ4v) is 3.08. The van der Waals surface area contributed by atoms with Gasteiger partial charge in [0.25, 0.3) is 5.91 Å². The van der Waals surface area contributed by atoms with E-state index in [0.717, 1.165) is 12.8 Å². The standard InChI is InChI=1S/C24H22N2O4/c25-23(27)16-5-3-8-20(15-16)29-19-13-11-17(12-14-19)26-24(28)21-9-1-2-10-22(21)30-18-6-4-7-18/h1-3,5,8-15,18H,4,6-7H2,(H2,25,27)(H,26,28). The van der Waals surface area contributed by atoms with Crippen molar-refractivity contribution >= 4 is 17.5 Å². The Hall–Kier alpha value is -3.80. The normalized spacial score (nSPS) is 13.2. The molecule has 6 nitrogen and oxygen atoms in total. The largest absolute Gasteiger partial charge is 0.490 e. The number of benzene rings is 3. The summed E-state index contributed by atoms with van der Waals surface area (Å²) in [6.07, 6.45) is 3.42. The van der Waals surface area contributed by atoms with Gasteiger partial charge < -0.3 is 20.5 Å². The van der Waals surface area contributed by atoms with Gasteiger partial charge in [0, 0.05) is 11.3 Å². The first kappa shape index (κ1) is 19.5. The van der Waals surface area contributed by atoms with E-state index in [4.69, 9.17) is 15.2 Å². The third kappa shape index (κ3) is 4.60. The maximum Gasteiger partial charge on any atom is 0.259 e. The summed E-state index contributed by atoms with van der Waals surface area (Å²) in [4.78, 5) is 24.0. The first-order valence-corrected chi connectivity index (χ1v) is 9.83. The highest BCUT2D eigenvalue weighted by Crippen LogP contribution is 2.28. The highest BCUT2D eigenvalue weighted by molar-refractivity contribution is 6.06. The second-order valence-corrected chi connectivity index (χ2v) is 7.14. The van der Waals surface area contributed by atoms with Crippen molar-refractivity contribution in [3.05, 3.63) is 83.9 Å². The lowest BCUT2D eigenvalue weighted by molar-refractivity contribution is 0.0986. The van der Waals surface area contributed by atoms with Crippen LogP contribution in [0.4, 0.5) is 5.69 Å². The molecular weight excluding hydrogens is 380 g/mol. The fourth-order valence-electron chi connectivity index (χ4n) is 3.08. The molecule has 0 spiro atoms. The van der Waals surface area contributed by atoms with Gasteiger partial charge in [0.05, 0.1) is 11.7 Å². The number of hydrogen-bond donors (Lipinski definition) is 2. The third-order valence-electron chi connectivity index (χ3n) is 4.94. The molecule has 3 aromatic rings. The van der Waals surface area contributed by atoms with Crippen LogP contribution in [0, 0.1) is 0 Å². The number of rotatable bonds is 7. The summed E-state index contributed by atoms with van der Waals surface area (Å²) in [6, 6.07) is 20.9. The van der Waals surface area contributed by atoms with Gasteiger partial charge in [-0.2, -0.15) is 0 Å².